The average Bonchev–Trinajstić information content (AvgIpc) is 2.85. The maximum absolute atomic E-state index is 12.0. The van der Waals surface area contributed by atoms with E-state index in [1.54, 1.807) is 29.2 Å². The molecule has 1 aliphatic heterocycles. The van der Waals surface area contributed by atoms with E-state index in [4.69, 9.17) is 4.74 Å². The Bertz CT molecular complexity index is 662. The van der Waals surface area contributed by atoms with Crippen LogP contribution in [0.3, 0.4) is 0 Å². The van der Waals surface area contributed by atoms with Crippen molar-refractivity contribution in [3.63, 3.8) is 0 Å². The van der Waals surface area contributed by atoms with E-state index in [2.05, 4.69) is 5.32 Å². The number of nitrogens with zero attached hydrogens (tertiary/aromatic N) is 1. The van der Waals surface area contributed by atoms with E-state index in [1.165, 1.54) is 6.26 Å². The first-order valence-electron chi connectivity index (χ1n) is 7.59. The molecule has 0 aliphatic carbocycles. The van der Waals surface area contributed by atoms with E-state index in [0.717, 1.165) is 12.1 Å². The molecule has 0 saturated carbocycles. The Morgan fingerprint density at radius 3 is 2.39 bits per heavy atom. The molecule has 0 radical (unpaired) electrons. The van der Waals surface area contributed by atoms with Gasteiger partial charge in [0.05, 0.1) is 4.90 Å². The number of hydrogen-bond donors (Lipinski definition) is 1. The summed E-state index contributed by atoms with van der Waals surface area (Å²) in [6.07, 6.45) is 1.72. The molecule has 1 amide bonds. The summed E-state index contributed by atoms with van der Waals surface area (Å²) in [6, 6.07) is 6.78. The molecule has 128 valence electrons. The van der Waals surface area contributed by atoms with E-state index in [-0.39, 0.29) is 12.1 Å². The molecule has 6 nitrogen and oxygen atoms in total. The molecule has 23 heavy (non-hydrogen) atoms. The van der Waals surface area contributed by atoms with Crippen molar-refractivity contribution in [2.45, 2.75) is 43.7 Å². The number of carbonyl (C=O) groups excluding carboxylic acids is 1. The van der Waals surface area contributed by atoms with Gasteiger partial charge in [-0.1, -0.05) is 0 Å². The van der Waals surface area contributed by atoms with Gasteiger partial charge in [-0.3, -0.25) is 0 Å². The van der Waals surface area contributed by atoms with Gasteiger partial charge in [0.25, 0.3) is 0 Å². The molecule has 1 fully saturated rings. The van der Waals surface area contributed by atoms with Crippen LogP contribution >= 0.6 is 0 Å². The zero-order valence-corrected chi connectivity index (χ0v) is 14.8. The first-order chi connectivity index (χ1) is 10.5. The van der Waals surface area contributed by atoms with Crippen molar-refractivity contribution in [2.24, 2.45) is 0 Å². The number of anilines is 1. The van der Waals surface area contributed by atoms with Gasteiger partial charge in [0.2, 0.25) is 0 Å². The third-order valence-electron chi connectivity index (χ3n) is 3.49. The number of hydrogen-bond acceptors (Lipinski definition) is 5. The van der Waals surface area contributed by atoms with E-state index < -0.39 is 15.4 Å². The summed E-state index contributed by atoms with van der Waals surface area (Å²) < 4.78 is 28.3. The molecule has 7 heteroatoms. The van der Waals surface area contributed by atoms with Crippen molar-refractivity contribution in [3.8, 4) is 0 Å². The van der Waals surface area contributed by atoms with Crippen LogP contribution in [-0.4, -0.2) is 50.4 Å². The summed E-state index contributed by atoms with van der Waals surface area (Å²) in [4.78, 5) is 14.0. The standard InChI is InChI=1S/C16H24N2O4S/c1-16(2,3)22-15(19)18-10-9-13(11-18)17-12-5-7-14(8-6-12)23(4,20)21/h5-8,13,17H,9-11H2,1-4H3. The van der Waals surface area contributed by atoms with Gasteiger partial charge in [-0.05, 0) is 51.5 Å². The van der Waals surface area contributed by atoms with E-state index in [1.807, 2.05) is 20.8 Å². The predicted octanol–water partition coefficient (Wildman–Crippen LogP) is 2.51. The minimum Gasteiger partial charge on any atom is -0.444 e. The molecule has 0 bridgehead atoms. The zero-order chi connectivity index (χ0) is 17.3. The lowest BCUT2D eigenvalue weighted by Crippen LogP contribution is -2.36. The van der Waals surface area contributed by atoms with E-state index in [0.29, 0.717) is 18.0 Å². The van der Waals surface area contributed by atoms with E-state index in [9.17, 15) is 13.2 Å². The fraction of sp³-hybridized carbons (Fsp3) is 0.562. The number of likely N-dealkylation sites (tertiary alicyclic amines) is 1. The maximum atomic E-state index is 12.0. The first-order valence-corrected chi connectivity index (χ1v) is 9.48. The Labute approximate surface area is 137 Å². The van der Waals surface area contributed by atoms with Crippen LogP contribution in [0.15, 0.2) is 29.2 Å². The molecule has 0 spiro atoms. The van der Waals surface area contributed by atoms with Crippen LogP contribution < -0.4 is 5.32 Å². The molecule has 1 aromatic rings. The second-order valence-electron chi connectivity index (χ2n) is 6.85. The number of rotatable bonds is 3. The van der Waals surface area contributed by atoms with Crippen LogP contribution in [0.2, 0.25) is 0 Å². The second kappa shape index (κ2) is 6.39. The Kier molecular flexibility index (Phi) is 4.89. The number of benzene rings is 1. The van der Waals surface area contributed by atoms with Gasteiger partial charge >= 0.3 is 6.09 Å². The first kappa shape index (κ1) is 17.6. The number of ether oxygens (including phenoxy) is 1. The normalized spacial score (nSPS) is 18.8. The quantitative estimate of drug-likeness (QED) is 0.915. The van der Waals surface area contributed by atoms with Crippen molar-refractivity contribution < 1.29 is 17.9 Å². The van der Waals surface area contributed by atoms with Crippen molar-refractivity contribution in [1.29, 1.82) is 0 Å². The summed E-state index contributed by atoms with van der Waals surface area (Å²) >= 11 is 0. The fourth-order valence-corrected chi connectivity index (χ4v) is 3.03. The highest BCUT2D eigenvalue weighted by Gasteiger charge is 2.29. The molecule has 2 rings (SSSR count). The largest absolute Gasteiger partial charge is 0.444 e. The highest BCUT2D eigenvalue weighted by Crippen LogP contribution is 2.20. The Morgan fingerprint density at radius 2 is 1.87 bits per heavy atom. The predicted molar refractivity (Wildman–Crippen MR) is 89.4 cm³/mol. The van der Waals surface area contributed by atoms with Crippen LogP contribution in [0.25, 0.3) is 0 Å². The fourth-order valence-electron chi connectivity index (χ4n) is 2.40. The molecule has 0 aromatic heterocycles. The maximum Gasteiger partial charge on any atom is 0.410 e. The number of amides is 1. The number of nitrogens with one attached hydrogen (secondary N) is 1. The molecule has 1 saturated heterocycles. The van der Waals surface area contributed by atoms with Crippen LogP contribution in [0.5, 0.6) is 0 Å². The Balaban J connectivity index is 1.92. The van der Waals surface area contributed by atoms with Crippen molar-refractivity contribution in [3.05, 3.63) is 24.3 Å². The van der Waals surface area contributed by atoms with E-state index >= 15 is 0 Å². The average molecular weight is 340 g/mol. The van der Waals surface area contributed by atoms with Crippen molar-refractivity contribution in [2.75, 3.05) is 24.7 Å². The lowest BCUT2D eigenvalue weighted by atomic mass is 10.2. The second-order valence-corrected chi connectivity index (χ2v) is 8.87. The van der Waals surface area contributed by atoms with Gasteiger partial charge in [0.1, 0.15) is 5.60 Å². The third kappa shape index (κ3) is 5.13. The molecular formula is C16H24N2O4S. The smallest absolute Gasteiger partial charge is 0.410 e. The monoisotopic (exact) mass is 340 g/mol. The third-order valence-corrected chi connectivity index (χ3v) is 4.62. The number of carbonyl (C=O) groups is 1. The summed E-state index contributed by atoms with van der Waals surface area (Å²) in [5.41, 5.74) is 0.345. The van der Waals surface area contributed by atoms with Crippen LogP contribution in [0.4, 0.5) is 10.5 Å². The number of sulfone groups is 1. The highest BCUT2D eigenvalue weighted by atomic mass is 32.2. The molecular weight excluding hydrogens is 316 g/mol. The molecule has 1 aliphatic rings. The van der Waals surface area contributed by atoms with Gasteiger partial charge < -0.3 is 15.0 Å². The lowest BCUT2D eigenvalue weighted by molar-refractivity contribution is 0.0293. The van der Waals surface area contributed by atoms with Gasteiger partial charge in [-0.25, -0.2) is 13.2 Å². The van der Waals surface area contributed by atoms with Crippen LogP contribution in [0, 0.1) is 0 Å². The molecule has 1 unspecified atom stereocenters. The Morgan fingerprint density at radius 1 is 1.26 bits per heavy atom. The Hall–Kier alpha value is -1.76. The van der Waals surface area contributed by atoms with Gasteiger partial charge in [-0.15, -0.1) is 0 Å². The summed E-state index contributed by atoms with van der Waals surface area (Å²) in [6.45, 7) is 6.76. The summed E-state index contributed by atoms with van der Waals surface area (Å²) in [7, 11) is -3.18. The minimum atomic E-state index is -3.18. The minimum absolute atomic E-state index is 0.131. The molecule has 1 atom stereocenters. The van der Waals surface area contributed by atoms with Crippen molar-refractivity contribution in [1.82, 2.24) is 4.90 Å². The summed E-state index contributed by atoms with van der Waals surface area (Å²) in [5.74, 6) is 0. The van der Waals surface area contributed by atoms with Crippen LogP contribution in [0.1, 0.15) is 27.2 Å². The highest BCUT2D eigenvalue weighted by molar-refractivity contribution is 7.90. The summed E-state index contributed by atoms with van der Waals surface area (Å²) in [5, 5.41) is 3.32. The lowest BCUT2D eigenvalue weighted by Gasteiger charge is -2.24. The van der Waals surface area contributed by atoms with Gasteiger partial charge in [0.15, 0.2) is 9.84 Å². The SMILES string of the molecule is CC(C)(C)OC(=O)N1CCC(Nc2ccc(S(C)(=O)=O)cc2)C1. The van der Waals surface area contributed by atoms with Gasteiger partial charge in [0, 0.05) is 31.1 Å². The van der Waals surface area contributed by atoms with Gasteiger partial charge in [-0.2, -0.15) is 0 Å². The topological polar surface area (TPSA) is 75.7 Å². The van der Waals surface area contributed by atoms with Crippen LogP contribution in [-0.2, 0) is 14.6 Å². The zero-order valence-electron chi connectivity index (χ0n) is 14.0. The van der Waals surface area contributed by atoms with Crippen molar-refractivity contribution >= 4 is 21.6 Å². The molecule has 1 N–H and O–H groups in total. The molecule has 1 aromatic carbocycles. The molecule has 1 heterocycles.